The normalized spacial score (nSPS) is 13.7. The molecule has 0 spiro atoms. The van der Waals surface area contributed by atoms with Crippen LogP contribution in [0.5, 0.6) is 0 Å². The summed E-state index contributed by atoms with van der Waals surface area (Å²) in [6.07, 6.45) is 1.61. The molecule has 1 aliphatic rings. The standard InChI is InChI=1S/C14H16N4O/c1-9(2)17-14(19)11(7-15)5-10-3-4-13-12(6-10)8-16-18-13/h3-6,9,16,18H,8H2,1-2H3,(H,17,19)/b11-5+. The fourth-order valence-corrected chi connectivity index (χ4v) is 1.86. The van der Waals surface area contributed by atoms with Crippen molar-refractivity contribution >= 4 is 17.7 Å². The van der Waals surface area contributed by atoms with E-state index in [0.29, 0.717) is 0 Å². The van der Waals surface area contributed by atoms with Crippen LogP contribution in [0.3, 0.4) is 0 Å². The van der Waals surface area contributed by atoms with Gasteiger partial charge in [0, 0.05) is 12.6 Å². The number of hydrazine groups is 1. The first-order valence-corrected chi connectivity index (χ1v) is 6.14. The van der Waals surface area contributed by atoms with Gasteiger partial charge in [0.25, 0.3) is 5.91 Å². The van der Waals surface area contributed by atoms with Crippen LogP contribution in [0.25, 0.3) is 6.08 Å². The zero-order valence-electron chi connectivity index (χ0n) is 10.9. The van der Waals surface area contributed by atoms with Crippen LogP contribution >= 0.6 is 0 Å². The van der Waals surface area contributed by atoms with E-state index in [1.807, 2.05) is 38.1 Å². The predicted octanol–water partition coefficient (Wildman–Crippen LogP) is 1.55. The molecule has 1 aliphatic heterocycles. The number of hydrogen-bond donors (Lipinski definition) is 3. The lowest BCUT2D eigenvalue weighted by Crippen LogP contribution is -2.30. The third-order valence-corrected chi connectivity index (χ3v) is 2.73. The highest BCUT2D eigenvalue weighted by Gasteiger charge is 2.12. The van der Waals surface area contributed by atoms with Gasteiger partial charge in [-0.3, -0.25) is 4.79 Å². The second kappa shape index (κ2) is 5.55. The molecule has 3 N–H and O–H groups in total. The van der Waals surface area contributed by atoms with E-state index in [4.69, 9.17) is 5.26 Å². The average Bonchev–Trinajstić information content (AvgIpc) is 2.82. The van der Waals surface area contributed by atoms with E-state index in [-0.39, 0.29) is 17.5 Å². The summed E-state index contributed by atoms with van der Waals surface area (Å²) in [5.74, 6) is -0.339. The smallest absolute Gasteiger partial charge is 0.262 e. The summed E-state index contributed by atoms with van der Waals surface area (Å²) in [6, 6.07) is 7.71. The van der Waals surface area contributed by atoms with E-state index in [1.165, 1.54) is 0 Å². The summed E-state index contributed by atoms with van der Waals surface area (Å²) in [7, 11) is 0. The highest BCUT2D eigenvalue weighted by molar-refractivity contribution is 6.01. The molecular formula is C14H16N4O. The van der Waals surface area contributed by atoms with Crippen LogP contribution in [0, 0.1) is 11.3 Å². The van der Waals surface area contributed by atoms with E-state index in [0.717, 1.165) is 23.4 Å². The van der Waals surface area contributed by atoms with E-state index in [9.17, 15) is 4.79 Å². The first-order valence-electron chi connectivity index (χ1n) is 6.14. The van der Waals surface area contributed by atoms with Gasteiger partial charge < -0.3 is 10.7 Å². The van der Waals surface area contributed by atoms with Gasteiger partial charge in [-0.15, -0.1) is 0 Å². The molecule has 5 nitrogen and oxygen atoms in total. The van der Waals surface area contributed by atoms with Gasteiger partial charge in [-0.05, 0) is 43.2 Å². The molecule has 0 radical (unpaired) electrons. The van der Waals surface area contributed by atoms with Crippen molar-refractivity contribution in [3.63, 3.8) is 0 Å². The molecule has 0 saturated heterocycles. The highest BCUT2D eigenvalue weighted by atomic mass is 16.1. The van der Waals surface area contributed by atoms with Gasteiger partial charge in [-0.2, -0.15) is 5.26 Å². The van der Waals surface area contributed by atoms with E-state index in [1.54, 1.807) is 6.08 Å². The van der Waals surface area contributed by atoms with Crippen molar-refractivity contribution in [3.8, 4) is 6.07 Å². The van der Waals surface area contributed by atoms with Gasteiger partial charge in [-0.25, -0.2) is 5.43 Å². The molecule has 0 aliphatic carbocycles. The highest BCUT2D eigenvalue weighted by Crippen LogP contribution is 2.22. The summed E-state index contributed by atoms with van der Waals surface area (Å²) >= 11 is 0. The van der Waals surface area contributed by atoms with Crippen molar-refractivity contribution in [2.75, 3.05) is 5.43 Å². The molecule has 0 unspecified atom stereocenters. The molecule has 0 saturated carbocycles. The molecule has 0 aromatic heterocycles. The lowest BCUT2D eigenvalue weighted by molar-refractivity contribution is -0.117. The molecule has 0 bridgehead atoms. The average molecular weight is 256 g/mol. The Morgan fingerprint density at radius 1 is 1.53 bits per heavy atom. The summed E-state index contributed by atoms with van der Waals surface area (Å²) in [4.78, 5) is 11.8. The number of benzene rings is 1. The molecule has 0 fully saturated rings. The maximum atomic E-state index is 11.8. The van der Waals surface area contributed by atoms with Crippen molar-refractivity contribution in [1.29, 1.82) is 5.26 Å². The van der Waals surface area contributed by atoms with E-state index < -0.39 is 0 Å². The van der Waals surface area contributed by atoms with Crippen LogP contribution in [0.15, 0.2) is 23.8 Å². The molecule has 0 atom stereocenters. The number of hydrogen-bond acceptors (Lipinski definition) is 4. The summed E-state index contributed by atoms with van der Waals surface area (Å²) in [5.41, 5.74) is 9.16. The molecular weight excluding hydrogens is 240 g/mol. The largest absolute Gasteiger partial charge is 0.349 e. The van der Waals surface area contributed by atoms with Crippen LogP contribution in [-0.4, -0.2) is 11.9 Å². The maximum Gasteiger partial charge on any atom is 0.262 e. The Morgan fingerprint density at radius 2 is 2.32 bits per heavy atom. The van der Waals surface area contributed by atoms with E-state index >= 15 is 0 Å². The number of nitriles is 1. The zero-order valence-corrected chi connectivity index (χ0v) is 10.9. The van der Waals surface area contributed by atoms with Crippen LogP contribution in [0.4, 0.5) is 5.69 Å². The lowest BCUT2D eigenvalue weighted by Gasteiger charge is -2.07. The van der Waals surface area contributed by atoms with Crippen LogP contribution in [0.1, 0.15) is 25.0 Å². The van der Waals surface area contributed by atoms with Crippen molar-refractivity contribution < 1.29 is 4.79 Å². The number of nitrogens with zero attached hydrogens (tertiary/aromatic N) is 1. The fraction of sp³-hybridized carbons (Fsp3) is 0.286. The quantitative estimate of drug-likeness (QED) is 0.566. The third kappa shape index (κ3) is 3.12. The molecule has 1 aromatic rings. The Labute approximate surface area is 112 Å². The summed E-state index contributed by atoms with van der Waals surface area (Å²) < 4.78 is 0. The first-order chi connectivity index (χ1) is 9.10. The number of carbonyl (C=O) groups is 1. The van der Waals surface area contributed by atoms with Gasteiger partial charge in [-0.1, -0.05) is 6.07 Å². The van der Waals surface area contributed by atoms with Crippen molar-refractivity contribution in [1.82, 2.24) is 10.7 Å². The monoisotopic (exact) mass is 256 g/mol. The molecule has 2 rings (SSSR count). The van der Waals surface area contributed by atoms with Gasteiger partial charge in [0.05, 0.1) is 5.69 Å². The molecule has 1 amide bonds. The van der Waals surface area contributed by atoms with Crippen LogP contribution in [0.2, 0.25) is 0 Å². The fourth-order valence-electron chi connectivity index (χ4n) is 1.86. The van der Waals surface area contributed by atoms with Crippen molar-refractivity contribution in [3.05, 3.63) is 34.9 Å². The number of carbonyl (C=O) groups excluding carboxylic acids is 1. The molecule has 98 valence electrons. The van der Waals surface area contributed by atoms with E-state index in [2.05, 4.69) is 16.2 Å². The Kier molecular flexibility index (Phi) is 3.83. The molecule has 19 heavy (non-hydrogen) atoms. The minimum Gasteiger partial charge on any atom is -0.349 e. The second-order valence-corrected chi connectivity index (χ2v) is 4.69. The Balaban J connectivity index is 2.23. The number of amides is 1. The molecule has 1 heterocycles. The number of nitrogens with one attached hydrogen (secondary N) is 3. The van der Waals surface area contributed by atoms with Crippen LogP contribution < -0.4 is 16.2 Å². The molecule has 1 aromatic carbocycles. The van der Waals surface area contributed by atoms with Crippen molar-refractivity contribution in [2.24, 2.45) is 0 Å². The van der Waals surface area contributed by atoms with Gasteiger partial charge in [0.1, 0.15) is 11.6 Å². The van der Waals surface area contributed by atoms with Crippen LogP contribution in [-0.2, 0) is 11.3 Å². The number of rotatable bonds is 3. The van der Waals surface area contributed by atoms with Gasteiger partial charge >= 0.3 is 0 Å². The summed E-state index contributed by atoms with van der Waals surface area (Å²) in [6.45, 7) is 4.45. The topological polar surface area (TPSA) is 77.0 Å². The van der Waals surface area contributed by atoms with Gasteiger partial charge in [0.2, 0.25) is 0 Å². The maximum absolute atomic E-state index is 11.8. The SMILES string of the molecule is CC(C)NC(=O)/C(C#N)=C/c1ccc2c(c1)CNN2. The Morgan fingerprint density at radius 3 is 3.00 bits per heavy atom. The Bertz CT molecular complexity index is 569. The minimum absolute atomic E-state index is 0.0117. The summed E-state index contributed by atoms with van der Waals surface area (Å²) in [5, 5.41) is 11.8. The lowest BCUT2D eigenvalue weighted by atomic mass is 10.1. The minimum atomic E-state index is -0.339. The first kappa shape index (κ1) is 13.1. The third-order valence-electron chi connectivity index (χ3n) is 2.73. The second-order valence-electron chi connectivity index (χ2n) is 4.69. The van der Waals surface area contributed by atoms with Gasteiger partial charge in [0.15, 0.2) is 0 Å². The Hall–Kier alpha value is -2.32. The zero-order chi connectivity index (χ0) is 13.8. The number of fused-ring (bicyclic) bond motifs is 1. The number of anilines is 1. The predicted molar refractivity (Wildman–Crippen MR) is 73.8 cm³/mol. The molecule has 5 heteroatoms. The van der Waals surface area contributed by atoms with Crippen molar-refractivity contribution in [2.45, 2.75) is 26.4 Å².